The Morgan fingerprint density at radius 1 is 1.12 bits per heavy atom. The van der Waals surface area contributed by atoms with Crippen LogP contribution >= 0.6 is 0 Å². The number of aromatic amines is 1. The van der Waals surface area contributed by atoms with E-state index in [1.54, 1.807) is 12.3 Å². The number of rotatable bonds is 6. The van der Waals surface area contributed by atoms with Gasteiger partial charge >= 0.3 is 5.97 Å². The second-order valence-corrected chi connectivity index (χ2v) is 5.57. The normalized spacial score (nSPS) is 11.1. The molecular weight excluding hydrogens is 316 g/mol. The monoisotopic (exact) mass is 334 g/mol. The minimum atomic E-state index is -1.01. The first kappa shape index (κ1) is 16.7. The van der Waals surface area contributed by atoms with Crippen molar-refractivity contribution in [1.29, 1.82) is 0 Å². The van der Waals surface area contributed by atoms with Gasteiger partial charge in [-0.3, -0.25) is 4.98 Å². The minimum absolute atomic E-state index is 0.109. The zero-order valence-electron chi connectivity index (χ0n) is 13.5. The van der Waals surface area contributed by atoms with E-state index in [4.69, 9.17) is 5.11 Å². The number of aliphatic hydroxyl groups excluding tert-OH is 1. The number of benzene rings is 1. The van der Waals surface area contributed by atoms with Crippen LogP contribution in [-0.4, -0.2) is 32.8 Å². The van der Waals surface area contributed by atoms with Gasteiger partial charge in [-0.1, -0.05) is 36.4 Å². The van der Waals surface area contributed by atoms with Crippen molar-refractivity contribution in [3.8, 4) is 11.3 Å². The van der Waals surface area contributed by atoms with Crippen molar-refractivity contribution in [2.75, 3.05) is 6.61 Å². The van der Waals surface area contributed by atoms with Gasteiger partial charge in [-0.2, -0.15) is 0 Å². The van der Waals surface area contributed by atoms with Crippen molar-refractivity contribution in [2.24, 2.45) is 0 Å². The number of pyridine rings is 1. The minimum Gasteiger partial charge on any atom is -0.478 e. The maximum absolute atomic E-state index is 11.3. The van der Waals surface area contributed by atoms with Crippen molar-refractivity contribution in [3.05, 3.63) is 77.2 Å². The van der Waals surface area contributed by atoms with Crippen LogP contribution in [0.2, 0.25) is 0 Å². The lowest BCUT2D eigenvalue weighted by Crippen LogP contribution is -2.01. The first-order chi connectivity index (χ1) is 12.2. The van der Waals surface area contributed by atoms with E-state index in [2.05, 4.69) is 9.97 Å². The maximum Gasteiger partial charge on any atom is 0.337 e. The second kappa shape index (κ2) is 7.59. The number of aliphatic hydroxyl groups is 1. The topological polar surface area (TPSA) is 86.2 Å². The first-order valence-corrected chi connectivity index (χ1v) is 7.93. The lowest BCUT2D eigenvalue weighted by molar-refractivity contribution is 0.0695. The molecule has 0 radical (unpaired) electrons. The molecule has 0 unspecified atom stereocenters. The number of nitrogens with zero attached hydrogens (tertiary/aromatic N) is 1. The quantitative estimate of drug-likeness (QED) is 0.644. The van der Waals surface area contributed by atoms with E-state index in [0.29, 0.717) is 11.4 Å². The number of aromatic nitrogens is 2. The Balaban J connectivity index is 1.90. The molecule has 0 bridgehead atoms. The fraction of sp³-hybridized carbons (Fsp3) is 0.100. The molecule has 3 rings (SSSR count). The summed E-state index contributed by atoms with van der Waals surface area (Å²) in [6.07, 6.45) is 5.84. The van der Waals surface area contributed by atoms with Crippen molar-refractivity contribution in [3.63, 3.8) is 0 Å². The zero-order chi connectivity index (χ0) is 17.6. The van der Waals surface area contributed by atoms with Crippen molar-refractivity contribution in [2.45, 2.75) is 6.42 Å². The molecule has 0 saturated heterocycles. The molecule has 0 atom stereocenters. The Kier molecular flexibility index (Phi) is 5.06. The average Bonchev–Trinajstić information content (AvgIpc) is 3.06. The van der Waals surface area contributed by atoms with Crippen molar-refractivity contribution in [1.82, 2.24) is 9.97 Å². The largest absolute Gasteiger partial charge is 0.478 e. The van der Waals surface area contributed by atoms with E-state index in [0.717, 1.165) is 16.8 Å². The molecule has 0 aliphatic heterocycles. The van der Waals surface area contributed by atoms with Crippen LogP contribution in [0.5, 0.6) is 0 Å². The highest BCUT2D eigenvalue weighted by molar-refractivity contribution is 5.91. The summed E-state index contributed by atoms with van der Waals surface area (Å²) in [4.78, 5) is 18.8. The number of carbonyl (C=O) groups is 1. The van der Waals surface area contributed by atoms with E-state index in [1.807, 2.05) is 54.6 Å². The van der Waals surface area contributed by atoms with Gasteiger partial charge in [0.25, 0.3) is 0 Å². The molecule has 0 saturated carbocycles. The summed E-state index contributed by atoms with van der Waals surface area (Å²) in [5.74, 6) is -1.01. The smallest absolute Gasteiger partial charge is 0.337 e. The molecule has 0 aliphatic carbocycles. The third-order valence-electron chi connectivity index (χ3n) is 3.83. The van der Waals surface area contributed by atoms with Gasteiger partial charge in [0.05, 0.1) is 11.3 Å². The van der Waals surface area contributed by atoms with Gasteiger partial charge in [0.1, 0.15) is 0 Å². The molecule has 0 spiro atoms. The highest BCUT2D eigenvalue weighted by Gasteiger charge is 2.15. The Bertz CT molecular complexity index is 898. The van der Waals surface area contributed by atoms with E-state index in [-0.39, 0.29) is 18.6 Å². The molecular formula is C20H18N2O3. The molecule has 0 aliphatic rings. The van der Waals surface area contributed by atoms with Crippen LogP contribution in [0.25, 0.3) is 23.4 Å². The third-order valence-corrected chi connectivity index (χ3v) is 3.83. The van der Waals surface area contributed by atoms with Gasteiger partial charge in [0.2, 0.25) is 0 Å². The number of aromatic carboxylic acids is 1. The molecule has 3 N–H and O–H groups in total. The standard InChI is InChI=1S/C20H18N2O3/c23-11-9-18-17(20(24)25)13-19(22-18)15-8-10-21-16(12-15)7-6-14-4-2-1-3-5-14/h1-8,10,12-13,22-23H,9,11H2,(H,24,25)/b7-6+. The van der Waals surface area contributed by atoms with Crippen molar-refractivity contribution >= 4 is 18.1 Å². The van der Waals surface area contributed by atoms with E-state index in [9.17, 15) is 9.90 Å². The number of H-pyrrole nitrogens is 1. The van der Waals surface area contributed by atoms with Gasteiger partial charge in [0.15, 0.2) is 0 Å². The van der Waals surface area contributed by atoms with Crippen LogP contribution in [-0.2, 0) is 6.42 Å². The molecule has 0 amide bonds. The van der Waals surface area contributed by atoms with Crippen LogP contribution in [0.3, 0.4) is 0 Å². The average molecular weight is 334 g/mol. The number of carboxylic acid groups (broad SMARTS) is 1. The molecule has 3 aromatic rings. The molecule has 5 heteroatoms. The fourth-order valence-corrected chi connectivity index (χ4v) is 2.61. The summed E-state index contributed by atoms with van der Waals surface area (Å²) in [7, 11) is 0. The Labute approximate surface area is 145 Å². The van der Waals surface area contributed by atoms with Crippen LogP contribution < -0.4 is 0 Å². The first-order valence-electron chi connectivity index (χ1n) is 7.93. The number of hydrogen-bond acceptors (Lipinski definition) is 3. The third kappa shape index (κ3) is 4.02. The lowest BCUT2D eigenvalue weighted by Gasteiger charge is -2.00. The van der Waals surface area contributed by atoms with Gasteiger partial charge < -0.3 is 15.2 Å². The second-order valence-electron chi connectivity index (χ2n) is 5.57. The van der Waals surface area contributed by atoms with Crippen LogP contribution in [0.15, 0.2) is 54.7 Å². The summed E-state index contributed by atoms with van der Waals surface area (Å²) < 4.78 is 0. The predicted octanol–water partition coefficient (Wildman–Crippen LogP) is 3.48. The van der Waals surface area contributed by atoms with Crippen molar-refractivity contribution < 1.29 is 15.0 Å². The van der Waals surface area contributed by atoms with Gasteiger partial charge in [-0.15, -0.1) is 0 Å². The molecule has 126 valence electrons. The van der Waals surface area contributed by atoms with Gasteiger partial charge in [-0.05, 0) is 29.8 Å². The van der Waals surface area contributed by atoms with Gasteiger partial charge in [-0.25, -0.2) is 4.79 Å². The molecule has 1 aromatic carbocycles. The summed E-state index contributed by atoms with van der Waals surface area (Å²) in [6, 6.07) is 15.2. The molecule has 25 heavy (non-hydrogen) atoms. The maximum atomic E-state index is 11.3. The van der Waals surface area contributed by atoms with E-state index in [1.165, 1.54) is 0 Å². The Morgan fingerprint density at radius 2 is 1.92 bits per heavy atom. The highest BCUT2D eigenvalue weighted by atomic mass is 16.4. The molecule has 2 heterocycles. The summed E-state index contributed by atoms with van der Waals surface area (Å²) in [5.41, 5.74) is 4.09. The molecule has 0 fully saturated rings. The summed E-state index contributed by atoms with van der Waals surface area (Å²) in [6.45, 7) is -0.109. The van der Waals surface area contributed by atoms with E-state index >= 15 is 0 Å². The van der Waals surface area contributed by atoms with Gasteiger partial charge in [0, 0.05) is 36.2 Å². The van der Waals surface area contributed by atoms with Crippen LogP contribution in [0, 0.1) is 0 Å². The molecule has 2 aromatic heterocycles. The number of hydrogen-bond donors (Lipinski definition) is 3. The summed E-state index contributed by atoms with van der Waals surface area (Å²) >= 11 is 0. The number of nitrogens with one attached hydrogen (secondary N) is 1. The SMILES string of the molecule is O=C(O)c1cc(-c2ccnc(/C=C/c3ccccc3)c2)[nH]c1CCO. The highest BCUT2D eigenvalue weighted by Crippen LogP contribution is 2.23. The number of carboxylic acids is 1. The summed E-state index contributed by atoms with van der Waals surface area (Å²) in [5, 5.41) is 18.4. The Hall–Kier alpha value is -3.18. The van der Waals surface area contributed by atoms with Crippen LogP contribution in [0.4, 0.5) is 0 Å². The van der Waals surface area contributed by atoms with Crippen LogP contribution in [0.1, 0.15) is 27.3 Å². The fourth-order valence-electron chi connectivity index (χ4n) is 2.61. The Morgan fingerprint density at radius 3 is 2.64 bits per heavy atom. The zero-order valence-corrected chi connectivity index (χ0v) is 13.5. The lowest BCUT2D eigenvalue weighted by atomic mass is 10.1. The van der Waals surface area contributed by atoms with E-state index < -0.39 is 5.97 Å². The molecule has 5 nitrogen and oxygen atoms in total. The predicted molar refractivity (Wildman–Crippen MR) is 97.1 cm³/mol.